The van der Waals surface area contributed by atoms with Gasteiger partial charge < -0.3 is 10.5 Å². The lowest BCUT2D eigenvalue weighted by Crippen LogP contribution is -2.13. The topological polar surface area (TPSA) is 81.4 Å². The molecule has 0 fully saturated rings. The average Bonchev–Trinajstić information content (AvgIpc) is 2.48. The van der Waals surface area contributed by atoms with Gasteiger partial charge in [0.25, 0.3) is 10.0 Å². The minimum atomic E-state index is -3.67. The molecule has 0 bridgehead atoms. The monoisotopic (exact) mass is 324 g/mol. The third-order valence-electron chi connectivity index (χ3n) is 2.86. The Morgan fingerprint density at radius 1 is 1.14 bits per heavy atom. The van der Waals surface area contributed by atoms with Crippen molar-refractivity contribution in [2.24, 2.45) is 0 Å². The van der Waals surface area contributed by atoms with Gasteiger partial charge in [-0.1, -0.05) is 0 Å². The van der Waals surface area contributed by atoms with Crippen LogP contribution in [0.4, 0.5) is 11.4 Å². The van der Waals surface area contributed by atoms with Crippen LogP contribution in [0.5, 0.6) is 5.75 Å². The highest BCUT2D eigenvalue weighted by molar-refractivity contribution is 7.98. The quantitative estimate of drug-likeness (QED) is 0.653. The van der Waals surface area contributed by atoms with E-state index in [2.05, 4.69) is 4.72 Å². The van der Waals surface area contributed by atoms with Gasteiger partial charge in [-0.25, -0.2) is 8.42 Å². The van der Waals surface area contributed by atoms with E-state index in [1.54, 1.807) is 23.9 Å². The van der Waals surface area contributed by atoms with Gasteiger partial charge in [0.05, 0.1) is 17.7 Å². The van der Waals surface area contributed by atoms with Gasteiger partial charge in [-0.15, -0.1) is 11.8 Å². The zero-order chi connectivity index (χ0) is 15.5. The summed E-state index contributed by atoms with van der Waals surface area (Å²) < 4.78 is 32.2. The lowest BCUT2D eigenvalue weighted by atomic mass is 10.3. The molecule has 7 heteroatoms. The van der Waals surface area contributed by atoms with E-state index in [-0.39, 0.29) is 4.90 Å². The summed E-state index contributed by atoms with van der Waals surface area (Å²) in [5.41, 5.74) is 6.58. The number of rotatable bonds is 5. The van der Waals surface area contributed by atoms with Gasteiger partial charge in [-0.05, 0) is 42.7 Å². The highest BCUT2D eigenvalue weighted by Crippen LogP contribution is 2.26. The minimum absolute atomic E-state index is 0.0995. The minimum Gasteiger partial charge on any atom is -0.495 e. The number of nitrogens with two attached hydrogens (primary N) is 1. The molecule has 2 aromatic carbocycles. The van der Waals surface area contributed by atoms with Gasteiger partial charge in [0, 0.05) is 16.6 Å². The van der Waals surface area contributed by atoms with E-state index in [0.717, 1.165) is 4.90 Å². The summed E-state index contributed by atoms with van der Waals surface area (Å²) in [6.45, 7) is 0. The van der Waals surface area contributed by atoms with Crippen LogP contribution in [-0.4, -0.2) is 21.8 Å². The second-order valence-corrected chi connectivity index (χ2v) is 6.80. The molecule has 0 amide bonds. The fourth-order valence-corrected chi connectivity index (χ4v) is 3.21. The molecule has 0 radical (unpaired) electrons. The van der Waals surface area contributed by atoms with Gasteiger partial charge in [0.2, 0.25) is 0 Å². The van der Waals surface area contributed by atoms with Crippen LogP contribution in [0.1, 0.15) is 0 Å². The van der Waals surface area contributed by atoms with Gasteiger partial charge in [0.1, 0.15) is 5.75 Å². The van der Waals surface area contributed by atoms with Crippen molar-refractivity contribution in [1.82, 2.24) is 0 Å². The number of nitrogens with one attached hydrogen (secondary N) is 1. The first-order valence-corrected chi connectivity index (χ1v) is 8.77. The molecule has 0 saturated carbocycles. The summed E-state index contributed by atoms with van der Waals surface area (Å²) in [7, 11) is -2.23. The molecule has 0 aliphatic heterocycles. The molecule has 21 heavy (non-hydrogen) atoms. The molecule has 2 rings (SSSR count). The fraction of sp³-hybridized carbons (Fsp3) is 0.143. The van der Waals surface area contributed by atoms with Crippen molar-refractivity contribution in [3.8, 4) is 5.75 Å². The second kappa shape index (κ2) is 6.28. The molecular weight excluding hydrogens is 308 g/mol. The summed E-state index contributed by atoms with van der Waals surface area (Å²) in [6, 6.07) is 11.5. The Balaban J connectivity index is 2.29. The zero-order valence-corrected chi connectivity index (χ0v) is 13.3. The molecule has 112 valence electrons. The van der Waals surface area contributed by atoms with Crippen LogP contribution in [0.2, 0.25) is 0 Å². The van der Waals surface area contributed by atoms with Crippen molar-refractivity contribution in [3.63, 3.8) is 0 Å². The molecule has 0 aliphatic carbocycles. The van der Waals surface area contributed by atoms with Gasteiger partial charge in [0.15, 0.2) is 0 Å². The van der Waals surface area contributed by atoms with Gasteiger partial charge in [-0.3, -0.25) is 4.72 Å². The van der Waals surface area contributed by atoms with Crippen LogP contribution in [0.3, 0.4) is 0 Å². The van der Waals surface area contributed by atoms with E-state index in [1.165, 1.54) is 25.3 Å². The summed E-state index contributed by atoms with van der Waals surface area (Å²) in [5, 5.41) is 0. The molecule has 2 aromatic rings. The van der Waals surface area contributed by atoms with Crippen molar-refractivity contribution >= 4 is 33.2 Å². The van der Waals surface area contributed by atoms with E-state index < -0.39 is 10.0 Å². The van der Waals surface area contributed by atoms with Gasteiger partial charge >= 0.3 is 0 Å². The van der Waals surface area contributed by atoms with Crippen LogP contribution in [0.15, 0.2) is 52.3 Å². The van der Waals surface area contributed by atoms with Crippen molar-refractivity contribution in [1.29, 1.82) is 0 Å². The molecule has 0 heterocycles. The fourth-order valence-electron chi connectivity index (χ4n) is 1.73. The lowest BCUT2D eigenvalue weighted by Gasteiger charge is -2.11. The number of benzene rings is 2. The number of hydrogen-bond acceptors (Lipinski definition) is 5. The second-order valence-electron chi connectivity index (χ2n) is 4.24. The standard InChI is InChI=1S/C14H16N2O3S2/c1-19-14-9-12(7-8-13(14)15)21(17,18)16-10-3-5-11(20-2)6-4-10/h3-9,16H,15H2,1-2H3. The number of ether oxygens (including phenoxy) is 1. The Hall–Kier alpha value is -1.86. The smallest absolute Gasteiger partial charge is 0.262 e. The first kappa shape index (κ1) is 15.5. The Morgan fingerprint density at radius 3 is 2.38 bits per heavy atom. The van der Waals surface area contributed by atoms with E-state index in [1.807, 2.05) is 18.4 Å². The zero-order valence-electron chi connectivity index (χ0n) is 11.7. The Morgan fingerprint density at radius 2 is 1.81 bits per heavy atom. The third-order valence-corrected chi connectivity index (χ3v) is 4.98. The predicted molar refractivity (Wildman–Crippen MR) is 86.4 cm³/mol. The Bertz CT molecular complexity index is 728. The molecule has 3 N–H and O–H groups in total. The molecule has 0 aliphatic rings. The van der Waals surface area contributed by atoms with Crippen LogP contribution in [0.25, 0.3) is 0 Å². The van der Waals surface area contributed by atoms with E-state index in [4.69, 9.17) is 10.5 Å². The Kier molecular flexibility index (Phi) is 4.64. The summed E-state index contributed by atoms with van der Waals surface area (Å²) in [5.74, 6) is 0.329. The van der Waals surface area contributed by atoms with Crippen LogP contribution >= 0.6 is 11.8 Å². The number of hydrogen-bond donors (Lipinski definition) is 2. The van der Waals surface area contributed by atoms with E-state index >= 15 is 0 Å². The number of anilines is 2. The largest absolute Gasteiger partial charge is 0.495 e. The van der Waals surface area contributed by atoms with Crippen LogP contribution < -0.4 is 15.2 Å². The average molecular weight is 324 g/mol. The normalized spacial score (nSPS) is 11.1. The maximum atomic E-state index is 12.3. The molecule has 0 aromatic heterocycles. The number of methoxy groups -OCH3 is 1. The van der Waals surface area contributed by atoms with Crippen molar-refractivity contribution in [2.45, 2.75) is 9.79 Å². The molecule has 0 unspecified atom stereocenters. The van der Waals surface area contributed by atoms with Crippen LogP contribution in [0, 0.1) is 0 Å². The van der Waals surface area contributed by atoms with E-state index in [9.17, 15) is 8.42 Å². The molecule has 5 nitrogen and oxygen atoms in total. The maximum absolute atomic E-state index is 12.3. The highest BCUT2D eigenvalue weighted by Gasteiger charge is 2.16. The first-order valence-electron chi connectivity index (χ1n) is 6.06. The highest BCUT2D eigenvalue weighted by atomic mass is 32.2. The number of thioether (sulfide) groups is 1. The number of sulfonamides is 1. The maximum Gasteiger partial charge on any atom is 0.262 e. The van der Waals surface area contributed by atoms with Crippen molar-refractivity contribution in [2.75, 3.05) is 23.8 Å². The van der Waals surface area contributed by atoms with Crippen molar-refractivity contribution in [3.05, 3.63) is 42.5 Å². The first-order chi connectivity index (χ1) is 9.96. The van der Waals surface area contributed by atoms with E-state index in [0.29, 0.717) is 17.1 Å². The lowest BCUT2D eigenvalue weighted by molar-refractivity contribution is 0.415. The molecule has 0 saturated heterocycles. The van der Waals surface area contributed by atoms with Gasteiger partial charge in [-0.2, -0.15) is 0 Å². The van der Waals surface area contributed by atoms with Crippen molar-refractivity contribution < 1.29 is 13.2 Å². The predicted octanol–water partition coefficient (Wildman–Crippen LogP) is 2.80. The summed E-state index contributed by atoms with van der Waals surface area (Å²) in [4.78, 5) is 1.16. The molecular formula is C14H16N2O3S2. The number of nitrogen functional groups attached to an aromatic ring is 1. The summed E-state index contributed by atoms with van der Waals surface area (Å²) in [6.07, 6.45) is 1.96. The molecule has 0 spiro atoms. The summed E-state index contributed by atoms with van der Waals surface area (Å²) >= 11 is 1.59. The third kappa shape index (κ3) is 3.62. The van der Waals surface area contributed by atoms with Crippen LogP contribution in [-0.2, 0) is 10.0 Å². The Labute approximate surface area is 128 Å². The SMILES string of the molecule is COc1cc(S(=O)(=O)Nc2ccc(SC)cc2)ccc1N. The molecule has 0 atom stereocenters.